The Hall–Kier alpha value is -2.62. The molecular weight excluding hydrogens is 326 g/mol. The fraction of sp³-hybridized carbons (Fsp3) is 0.364. The molecule has 2 aromatic rings. The highest BCUT2D eigenvalue weighted by atomic mass is 16.5. The highest BCUT2D eigenvalue weighted by molar-refractivity contribution is 5.94. The lowest BCUT2D eigenvalue weighted by Gasteiger charge is -2.14. The molecule has 0 atom stereocenters. The molecule has 2 rings (SSSR count). The number of ether oxygens (including phenoxy) is 1. The van der Waals surface area contributed by atoms with Crippen molar-refractivity contribution in [1.82, 2.24) is 0 Å². The van der Waals surface area contributed by atoms with E-state index in [9.17, 15) is 9.59 Å². The number of carbonyl (C=O) groups excluding carboxylic acids is 2. The number of anilines is 1. The van der Waals surface area contributed by atoms with Gasteiger partial charge in [-0.25, -0.2) is 0 Å². The second-order valence-electron chi connectivity index (χ2n) is 6.24. The third-order valence-corrected chi connectivity index (χ3v) is 4.34. The van der Waals surface area contributed by atoms with Gasteiger partial charge < -0.3 is 10.1 Å². The van der Waals surface area contributed by atoms with E-state index in [-0.39, 0.29) is 11.7 Å². The molecule has 1 amide bonds. The van der Waals surface area contributed by atoms with Gasteiger partial charge in [0.25, 0.3) is 0 Å². The molecule has 0 bridgehead atoms. The minimum atomic E-state index is 0.0103. The molecule has 0 saturated carbocycles. The Bertz CT molecular complexity index is 728. The van der Waals surface area contributed by atoms with Gasteiger partial charge in [0.1, 0.15) is 5.75 Å². The maximum atomic E-state index is 12.3. The van der Waals surface area contributed by atoms with Crippen molar-refractivity contribution < 1.29 is 14.3 Å². The van der Waals surface area contributed by atoms with Crippen LogP contribution in [-0.2, 0) is 17.6 Å². The number of hydrogen-bond acceptors (Lipinski definition) is 3. The molecule has 138 valence electrons. The number of ketones is 1. The van der Waals surface area contributed by atoms with Crippen LogP contribution >= 0.6 is 0 Å². The second kappa shape index (κ2) is 9.76. The van der Waals surface area contributed by atoms with Gasteiger partial charge in [0.15, 0.2) is 5.78 Å². The molecule has 26 heavy (non-hydrogen) atoms. The zero-order chi connectivity index (χ0) is 18.9. The Morgan fingerprint density at radius 2 is 1.58 bits per heavy atom. The SMILES string of the molecule is CCc1cccc(CC)c1NC(=O)CCCOc1ccc(C(C)=O)cc1. The summed E-state index contributed by atoms with van der Waals surface area (Å²) in [5.74, 6) is 0.753. The Labute approximate surface area is 155 Å². The van der Waals surface area contributed by atoms with Crippen LogP contribution in [0.5, 0.6) is 5.75 Å². The minimum Gasteiger partial charge on any atom is -0.494 e. The van der Waals surface area contributed by atoms with Gasteiger partial charge in [-0.05, 0) is 61.6 Å². The number of hydrogen-bond donors (Lipinski definition) is 1. The number of nitrogens with one attached hydrogen (secondary N) is 1. The van der Waals surface area contributed by atoms with Gasteiger partial charge in [0, 0.05) is 17.7 Å². The highest BCUT2D eigenvalue weighted by Gasteiger charge is 2.10. The largest absolute Gasteiger partial charge is 0.494 e. The number of carbonyl (C=O) groups is 2. The van der Waals surface area contributed by atoms with Crippen molar-refractivity contribution in [2.45, 2.75) is 46.5 Å². The minimum absolute atomic E-state index is 0.0103. The Kier molecular flexibility index (Phi) is 7.39. The summed E-state index contributed by atoms with van der Waals surface area (Å²) in [6.45, 7) is 6.18. The summed E-state index contributed by atoms with van der Waals surface area (Å²) in [6, 6.07) is 13.2. The van der Waals surface area contributed by atoms with E-state index in [1.807, 2.05) is 6.07 Å². The van der Waals surface area contributed by atoms with Crippen LogP contribution in [0.2, 0.25) is 0 Å². The lowest BCUT2D eigenvalue weighted by Crippen LogP contribution is -2.15. The van der Waals surface area contributed by atoms with Gasteiger partial charge in [-0.15, -0.1) is 0 Å². The molecular formula is C22H27NO3. The van der Waals surface area contributed by atoms with Crippen LogP contribution in [0.4, 0.5) is 5.69 Å². The predicted octanol–water partition coefficient (Wildman–Crippen LogP) is 4.81. The number of benzene rings is 2. The molecule has 0 radical (unpaired) electrons. The highest BCUT2D eigenvalue weighted by Crippen LogP contribution is 2.23. The molecule has 0 spiro atoms. The van der Waals surface area contributed by atoms with E-state index in [2.05, 4.69) is 31.3 Å². The third-order valence-electron chi connectivity index (χ3n) is 4.34. The first-order chi connectivity index (χ1) is 12.5. The van der Waals surface area contributed by atoms with Crippen molar-refractivity contribution in [3.63, 3.8) is 0 Å². The smallest absolute Gasteiger partial charge is 0.224 e. The Morgan fingerprint density at radius 3 is 2.12 bits per heavy atom. The zero-order valence-corrected chi connectivity index (χ0v) is 15.8. The summed E-state index contributed by atoms with van der Waals surface area (Å²) in [5.41, 5.74) is 3.96. The molecule has 0 aliphatic rings. The van der Waals surface area contributed by atoms with Gasteiger partial charge in [-0.3, -0.25) is 9.59 Å². The van der Waals surface area contributed by atoms with Crippen molar-refractivity contribution in [2.75, 3.05) is 11.9 Å². The van der Waals surface area contributed by atoms with E-state index in [4.69, 9.17) is 4.74 Å². The van der Waals surface area contributed by atoms with Gasteiger partial charge in [-0.1, -0.05) is 32.0 Å². The van der Waals surface area contributed by atoms with Crippen LogP contribution in [0.3, 0.4) is 0 Å². The van der Waals surface area contributed by atoms with Crippen LogP contribution in [0.25, 0.3) is 0 Å². The van der Waals surface area contributed by atoms with Gasteiger partial charge >= 0.3 is 0 Å². The quantitative estimate of drug-likeness (QED) is 0.520. The number of amides is 1. The summed E-state index contributed by atoms with van der Waals surface area (Å²) in [5, 5.41) is 3.07. The molecule has 4 heteroatoms. The molecule has 0 fully saturated rings. The van der Waals surface area contributed by atoms with Gasteiger partial charge in [0.2, 0.25) is 5.91 Å². The van der Waals surface area contributed by atoms with Crippen LogP contribution in [0.15, 0.2) is 42.5 Å². The van der Waals surface area contributed by atoms with E-state index in [0.29, 0.717) is 30.8 Å². The maximum Gasteiger partial charge on any atom is 0.224 e. The molecule has 0 heterocycles. The summed E-state index contributed by atoms with van der Waals surface area (Å²) >= 11 is 0. The van der Waals surface area contributed by atoms with Gasteiger partial charge in [-0.2, -0.15) is 0 Å². The van der Waals surface area contributed by atoms with E-state index in [0.717, 1.165) is 18.5 Å². The van der Waals surface area contributed by atoms with Gasteiger partial charge in [0.05, 0.1) is 6.61 Å². The van der Waals surface area contributed by atoms with E-state index in [1.54, 1.807) is 24.3 Å². The molecule has 1 N–H and O–H groups in total. The Morgan fingerprint density at radius 1 is 0.962 bits per heavy atom. The first-order valence-corrected chi connectivity index (χ1v) is 9.19. The molecule has 0 saturated heterocycles. The van der Waals surface area contributed by atoms with Crippen molar-refractivity contribution in [3.05, 3.63) is 59.2 Å². The fourth-order valence-electron chi connectivity index (χ4n) is 2.81. The van der Waals surface area contributed by atoms with E-state index in [1.165, 1.54) is 18.1 Å². The topological polar surface area (TPSA) is 55.4 Å². The lowest BCUT2D eigenvalue weighted by atomic mass is 10.0. The van der Waals surface area contributed by atoms with E-state index >= 15 is 0 Å². The van der Waals surface area contributed by atoms with Crippen LogP contribution in [0.1, 0.15) is 55.1 Å². The van der Waals surface area contributed by atoms with Crippen molar-refractivity contribution in [3.8, 4) is 5.75 Å². The lowest BCUT2D eigenvalue weighted by molar-refractivity contribution is -0.116. The average Bonchev–Trinajstić information content (AvgIpc) is 2.65. The third kappa shape index (κ3) is 5.45. The predicted molar refractivity (Wildman–Crippen MR) is 105 cm³/mol. The first kappa shape index (κ1) is 19.7. The van der Waals surface area contributed by atoms with Crippen molar-refractivity contribution >= 4 is 17.4 Å². The average molecular weight is 353 g/mol. The van der Waals surface area contributed by atoms with Crippen LogP contribution in [0, 0.1) is 0 Å². The molecule has 4 nitrogen and oxygen atoms in total. The Balaban J connectivity index is 1.81. The van der Waals surface area contributed by atoms with Crippen LogP contribution in [-0.4, -0.2) is 18.3 Å². The summed E-state index contributed by atoms with van der Waals surface area (Å²) < 4.78 is 5.64. The molecule has 0 aliphatic heterocycles. The normalized spacial score (nSPS) is 10.4. The summed E-state index contributed by atoms with van der Waals surface area (Å²) in [6.07, 6.45) is 2.83. The van der Waals surface area contributed by atoms with Crippen molar-refractivity contribution in [2.24, 2.45) is 0 Å². The standard InChI is InChI=1S/C22H27NO3/c1-4-17-8-6-9-18(5-2)22(17)23-21(25)10-7-15-26-20-13-11-19(12-14-20)16(3)24/h6,8-9,11-14H,4-5,7,10,15H2,1-3H3,(H,23,25). The number of rotatable bonds is 9. The van der Waals surface area contributed by atoms with Crippen molar-refractivity contribution in [1.29, 1.82) is 0 Å². The number of Topliss-reactive ketones (excluding diaryl/α,β-unsaturated/α-hetero) is 1. The number of aryl methyl sites for hydroxylation is 2. The molecule has 2 aromatic carbocycles. The number of para-hydroxylation sites is 1. The van der Waals surface area contributed by atoms with Crippen LogP contribution < -0.4 is 10.1 Å². The summed E-state index contributed by atoms with van der Waals surface area (Å²) in [4.78, 5) is 23.5. The second-order valence-corrected chi connectivity index (χ2v) is 6.24. The molecule has 0 unspecified atom stereocenters. The molecule has 0 aliphatic carbocycles. The first-order valence-electron chi connectivity index (χ1n) is 9.19. The zero-order valence-electron chi connectivity index (χ0n) is 15.8. The summed E-state index contributed by atoms with van der Waals surface area (Å²) in [7, 11) is 0. The molecule has 0 aromatic heterocycles. The fourth-order valence-corrected chi connectivity index (χ4v) is 2.81. The monoisotopic (exact) mass is 353 g/mol. The maximum absolute atomic E-state index is 12.3. The van der Waals surface area contributed by atoms with E-state index < -0.39 is 0 Å².